The van der Waals surface area contributed by atoms with E-state index < -0.39 is 4.92 Å². The van der Waals surface area contributed by atoms with Gasteiger partial charge in [0.1, 0.15) is 0 Å². The topological polar surface area (TPSA) is 63.5 Å². The molecule has 23 heavy (non-hydrogen) atoms. The number of nitro benzene ring substituents is 1. The number of nitro groups is 1. The molecule has 5 nitrogen and oxygen atoms in total. The Balaban J connectivity index is 2.04. The molecule has 0 N–H and O–H groups in total. The SMILES string of the molecule is CC(Sc1ccc([N+](=O)[O-])cc1)C(=O)N(C(C)C)C1CCCC1. The highest BCUT2D eigenvalue weighted by atomic mass is 32.2. The van der Waals surface area contributed by atoms with Crippen molar-refractivity contribution in [1.82, 2.24) is 4.90 Å². The molecular formula is C17H24N2O3S. The summed E-state index contributed by atoms with van der Waals surface area (Å²) < 4.78 is 0. The lowest BCUT2D eigenvalue weighted by molar-refractivity contribution is -0.384. The minimum atomic E-state index is -0.413. The second kappa shape index (κ2) is 7.81. The summed E-state index contributed by atoms with van der Waals surface area (Å²) in [6, 6.07) is 6.95. The molecule has 0 bridgehead atoms. The molecule has 0 aromatic heterocycles. The Bertz CT molecular complexity index is 553. The van der Waals surface area contributed by atoms with Crippen LogP contribution in [0.5, 0.6) is 0 Å². The molecule has 0 saturated heterocycles. The third-order valence-corrected chi connectivity index (χ3v) is 5.34. The van der Waals surface area contributed by atoms with Crippen LogP contribution in [0.3, 0.4) is 0 Å². The first-order valence-corrected chi connectivity index (χ1v) is 9.01. The molecule has 0 radical (unpaired) electrons. The zero-order valence-corrected chi connectivity index (χ0v) is 14.7. The predicted octanol–water partition coefficient (Wildman–Crippen LogP) is 4.26. The van der Waals surface area contributed by atoms with Crippen LogP contribution in [0.1, 0.15) is 46.5 Å². The number of hydrogen-bond donors (Lipinski definition) is 0. The Morgan fingerprint density at radius 1 is 1.22 bits per heavy atom. The molecule has 1 amide bonds. The van der Waals surface area contributed by atoms with Crippen LogP contribution in [0.15, 0.2) is 29.2 Å². The first kappa shape index (κ1) is 17.8. The van der Waals surface area contributed by atoms with E-state index in [-0.39, 0.29) is 22.9 Å². The van der Waals surface area contributed by atoms with Gasteiger partial charge in [0.15, 0.2) is 0 Å². The molecule has 1 aromatic rings. The zero-order chi connectivity index (χ0) is 17.0. The summed E-state index contributed by atoms with van der Waals surface area (Å²) in [7, 11) is 0. The van der Waals surface area contributed by atoms with Gasteiger partial charge in [0.25, 0.3) is 5.69 Å². The monoisotopic (exact) mass is 336 g/mol. The number of benzene rings is 1. The third-order valence-electron chi connectivity index (χ3n) is 4.24. The lowest BCUT2D eigenvalue weighted by Gasteiger charge is -2.34. The Labute approximate surface area is 141 Å². The molecule has 0 heterocycles. The molecule has 1 fully saturated rings. The van der Waals surface area contributed by atoms with Gasteiger partial charge in [0, 0.05) is 29.1 Å². The summed E-state index contributed by atoms with van der Waals surface area (Å²) >= 11 is 1.46. The van der Waals surface area contributed by atoms with Crippen molar-refractivity contribution in [3.8, 4) is 0 Å². The van der Waals surface area contributed by atoms with E-state index in [2.05, 4.69) is 13.8 Å². The molecule has 1 unspecified atom stereocenters. The second-order valence-electron chi connectivity index (χ2n) is 6.29. The zero-order valence-electron chi connectivity index (χ0n) is 13.9. The van der Waals surface area contributed by atoms with Crippen LogP contribution < -0.4 is 0 Å². The fourth-order valence-electron chi connectivity index (χ4n) is 3.15. The average Bonchev–Trinajstić information content (AvgIpc) is 3.01. The van der Waals surface area contributed by atoms with Crippen LogP contribution in [0.2, 0.25) is 0 Å². The number of hydrogen-bond acceptors (Lipinski definition) is 4. The maximum Gasteiger partial charge on any atom is 0.269 e. The standard InChI is InChI=1S/C17H24N2O3S/c1-12(2)18(14-6-4-5-7-14)17(20)13(3)23-16-10-8-15(9-11-16)19(21)22/h8-14H,4-7H2,1-3H3. The Hall–Kier alpha value is -1.56. The normalized spacial score (nSPS) is 16.5. The van der Waals surface area contributed by atoms with Gasteiger partial charge in [0.05, 0.1) is 10.2 Å². The van der Waals surface area contributed by atoms with Gasteiger partial charge >= 0.3 is 0 Å². The quantitative estimate of drug-likeness (QED) is 0.442. The summed E-state index contributed by atoms with van der Waals surface area (Å²) in [4.78, 5) is 26.0. The van der Waals surface area contributed by atoms with E-state index in [1.165, 1.54) is 36.7 Å². The van der Waals surface area contributed by atoms with Crippen LogP contribution >= 0.6 is 11.8 Å². The molecule has 0 spiro atoms. The highest BCUT2D eigenvalue weighted by molar-refractivity contribution is 8.00. The minimum absolute atomic E-state index is 0.0723. The smallest absolute Gasteiger partial charge is 0.269 e. The highest BCUT2D eigenvalue weighted by Crippen LogP contribution is 2.30. The molecule has 0 aliphatic heterocycles. The summed E-state index contributed by atoms with van der Waals surface area (Å²) in [6.45, 7) is 6.05. The van der Waals surface area contributed by atoms with E-state index in [1.54, 1.807) is 12.1 Å². The van der Waals surface area contributed by atoms with Crippen molar-refractivity contribution >= 4 is 23.4 Å². The van der Waals surface area contributed by atoms with Gasteiger partial charge in [-0.1, -0.05) is 12.8 Å². The predicted molar refractivity (Wildman–Crippen MR) is 92.7 cm³/mol. The molecule has 1 aliphatic carbocycles. The number of non-ortho nitro benzene ring substituents is 1. The molecule has 1 aliphatic rings. The number of rotatable bonds is 6. The van der Waals surface area contributed by atoms with E-state index >= 15 is 0 Å². The first-order chi connectivity index (χ1) is 10.9. The number of amides is 1. The van der Waals surface area contributed by atoms with Crippen LogP contribution in [0.4, 0.5) is 5.69 Å². The molecule has 1 atom stereocenters. The maximum absolute atomic E-state index is 12.8. The molecular weight excluding hydrogens is 312 g/mol. The van der Waals surface area contributed by atoms with E-state index in [1.807, 2.05) is 11.8 Å². The number of thioether (sulfide) groups is 1. The molecule has 1 saturated carbocycles. The van der Waals surface area contributed by atoms with Crippen molar-refractivity contribution in [3.63, 3.8) is 0 Å². The fraction of sp³-hybridized carbons (Fsp3) is 0.588. The van der Waals surface area contributed by atoms with Crippen molar-refractivity contribution in [2.24, 2.45) is 0 Å². The fourth-order valence-corrected chi connectivity index (χ4v) is 4.07. The molecule has 6 heteroatoms. The van der Waals surface area contributed by atoms with E-state index in [0.29, 0.717) is 6.04 Å². The maximum atomic E-state index is 12.8. The van der Waals surface area contributed by atoms with Gasteiger partial charge in [-0.2, -0.15) is 0 Å². The van der Waals surface area contributed by atoms with E-state index in [9.17, 15) is 14.9 Å². The van der Waals surface area contributed by atoms with Crippen molar-refractivity contribution in [2.75, 3.05) is 0 Å². The number of carbonyl (C=O) groups is 1. The summed E-state index contributed by atoms with van der Waals surface area (Å²) in [5.41, 5.74) is 0.0723. The molecule has 2 rings (SSSR count). The van der Waals surface area contributed by atoms with Crippen LogP contribution in [0.25, 0.3) is 0 Å². The van der Waals surface area contributed by atoms with Gasteiger partial charge in [-0.05, 0) is 45.7 Å². The van der Waals surface area contributed by atoms with Crippen LogP contribution in [-0.2, 0) is 4.79 Å². The Morgan fingerprint density at radius 2 is 1.78 bits per heavy atom. The van der Waals surface area contributed by atoms with Gasteiger partial charge in [-0.15, -0.1) is 11.8 Å². The first-order valence-electron chi connectivity index (χ1n) is 8.13. The van der Waals surface area contributed by atoms with Crippen molar-refractivity contribution in [1.29, 1.82) is 0 Å². The van der Waals surface area contributed by atoms with Gasteiger partial charge in [-0.3, -0.25) is 14.9 Å². The second-order valence-corrected chi connectivity index (χ2v) is 7.70. The van der Waals surface area contributed by atoms with E-state index in [0.717, 1.165) is 17.7 Å². The van der Waals surface area contributed by atoms with Gasteiger partial charge in [-0.25, -0.2) is 0 Å². The summed E-state index contributed by atoms with van der Waals surface area (Å²) in [6.07, 6.45) is 4.59. The van der Waals surface area contributed by atoms with E-state index in [4.69, 9.17) is 0 Å². The van der Waals surface area contributed by atoms with Gasteiger partial charge < -0.3 is 4.90 Å². The Morgan fingerprint density at radius 3 is 2.26 bits per heavy atom. The lowest BCUT2D eigenvalue weighted by Crippen LogP contribution is -2.47. The molecule has 1 aromatic carbocycles. The highest BCUT2D eigenvalue weighted by Gasteiger charge is 2.31. The van der Waals surface area contributed by atoms with Crippen molar-refractivity contribution in [3.05, 3.63) is 34.4 Å². The lowest BCUT2D eigenvalue weighted by atomic mass is 10.1. The summed E-state index contributed by atoms with van der Waals surface area (Å²) in [5.74, 6) is 0.162. The average molecular weight is 336 g/mol. The van der Waals surface area contributed by atoms with Crippen LogP contribution in [-0.4, -0.2) is 33.1 Å². The largest absolute Gasteiger partial charge is 0.336 e. The Kier molecular flexibility index (Phi) is 6.04. The summed E-state index contributed by atoms with van der Waals surface area (Å²) in [5, 5.41) is 10.5. The third kappa shape index (κ3) is 4.47. The van der Waals surface area contributed by atoms with Gasteiger partial charge in [0.2, 0.25) is 5.91 Å². The van der Waals surface area contributed by atoms with Crippen molar-refractivity contribution < 1.29 is 9.72 Å². The number of carbonyl (C=O) groups excluding carboxylic acids is 1. The van der Waals surface area contributed by atoms with Crippen molar-refractivity contribution in [2.45, 2.75) is 68.7 Å². The van der Waals surface area contributed by atoms with Crippen LogP contribution in [0, 0.1) is 10.1 Å². The number of nitrogens with zero attached hydrogens (tertiary/aromatic N) is 2. The molecule has 126 valence electrons. The minimum Gasteiger partial charge on any atom is -0.336 e.